The summed E-state index contributed by atoms with van der Waals surface area (Å²) in [5.74, 6) is 3.10. The second-order valence-electron chi connectivity index (χ2n) is 7.24. The Balaban J connectivity index is 1.61. The minimum absolute atomic E-state index is 0.514. The summed E-state index contributed by atoms with van der Waals surface area (Å²) in [6, 6.07) is 11.0. The highest BCUT2D eigenvalue weighted by Crippen LogP contribution is 2.28. The van der Waals surface area contributed by atoms with Crippen molar-refractivity contribution in [3.8, 4) is 0 Å². The van der Waals surface area contributed by atoms with Gasteiger partial charge in [0.05, 0.1) is 0 Å². The largest absolute Gasteiger partial charge is 0.357 e. The van der Waals surface area contributed by atoms with E-state index < -0.39 is 0 Å². The van der Waals surface area contributed by atoms with Gasteiger partial charge in [-0.3, -0.25) is 0 Å². The second kappa shape index (κ2) is 11.1. The van der Waals surface area contributed by atoms with Crippen LogP contribution in [0.4, 0.5) is 0 Å². The smallest absolute Gasteiger partial charge is 0.191 e. The summed E-state index contributed by atoms with van der Waals surface area (Å²) in [4.78, 5) is 9.35. The lowest BCUT2D eigenvalue weighted by Gasteiger charge is -2.30. The lowest BCUT2D eigenvalue weighted by molar-refractivity contribution is 0.418. The average Bonchev–Trinajstić information content (AvgIpc) is 3.15. The molecule has 1 aliphatic carbocycles. The van der Waals surface area contributed by atoms with Crippen LogP contribution in [0, 0.1) is 0 Å². The van der Waals surface area contributed by atoms with E-state index in [2.05, 4.69) is 70.1 Å². The van der Waals surface area contributed by atoms with Crippen LogP contribution in [0.2, 0.25) is 0 Å². The molecule has 28 heavy (non-hydrogen) atoms. The molecule has 1 aliphatic rings. The SMILES string of the molecule is CCNC(=NCc1nccn1Cc1ccccc1)NC1CCCC(SCC)C1. The average molecular weight is 400 g/mol. The van der Waals surface area contributed by atoms with Gasteiger partial charge in [-0.05, 0) is 37.5 Å². The Morgan fingerprint density at radius 1 is 1.25 bits per heavy atom. The molecule has 3 rings (SSSR count). The van der Waals surface area contributed by atoms with E-state index in [-0.39, 0.29) is 0 Å². The first kappa shape index (κ1) is 20.8. The van der Waals surface area contributed by atoms with Gasteiger partial charge in [-0.25, -0.2) is 9.98 Å². The molecule has 0 bridgehead atoms. The number of aromatic nitrogens is 2. The number of hydrogen-bond acceptors (Lipinski definition) is 3. The minimum Gasteiger partial charge on any atom is -0.357 e. The zero-order chi connectivity index (χ0) is 19.6. The molecular formula is C22H33N5S. The number of guanidine groups is 1. The zero-order valence-electron chi connectivity index (χ0n) is 17.1. The third kappa shape index (κ3) is 6.30. The quantitative estimate of drug-likeness (QED) is 0.519. The molecule has 1 fully saturated rings. The predicted molar refractivity (Wildman–Crippen MR) is 120 cm³/mol. The molecule has 1 saturated carbocycles. The zero-order valence-corrected chi connectivity index (χ0v) is 17.9. The molecule has 0 spiro atoms. The predicted octanol–water partition coefficient (Wildman–Crippen LogP) is 4.05. The molecule has 0 radical (unpaired) electrons. The van der Waals surface area contributed by atoms with Crippen LogP contribution < -0.4 is 10.6 Å². The van der Waals surface area contributed by atoms with Gasteiger partial charge in [-0.15, -0.1) is 0 Å². The van der Waals surface area contributed by atoms with E-state index in [1.165, 1.54) is 37.0 Å². The van der Waals surface area contributed by atoms with Gasteiger partial charge in [0, 0.05) is 36.8 Å². The van der Waals surface area contributed by atoms with Gasteiger partial charge in [-0.1, -0.05) is 43.7 Å². The normalized spacial score (nSPS) is 20.1. The molecule has 0 saturated heterocycles. The fraction of sp³-hybridized carbons (Fsp3) is 0.545. The van der Waals surface area contributed by atoms with Gasteiger partial charge in [0.25, 0.3) is 0 Å². The van der Waals surface area contributed by atoms with Crippen LogP contribution in [0.25, 0.3) is 0 Å². The minimum atomic E-state index is 0.514. The first-order chi connectivity index (χ1) is 13.8. The summed E-state index contributed by atoms with van der Waals surface area (Å²) < 4.78 is 2.18. The van der Waals surface area contributed by atoms with Gasteiger partial charge >= 0.3 is 0 Å². The summed E-state index contributed by atoms with van der Waals surface area (Å²) in [5.41, 5.74) is 1.28. The highest BCUT2D eigenvalue weighted by atomic mass is 32.2. The lowest BCUT2D eigenvalue weighted by atomic mass is 9.95. The number of imidazole rings is 1. The number of rotatable bonds is 8. The van der Waals surface area contributed by atoms with Crippen LogP contribution in [-0.4, -0.2) is 39.1 Å². The Labute approximate surface area is 173 Å². The Hall–Kier alpha value is -1.95. The van der Waals surface area contributed by atoms with Gasteiger partial charge in [0.15, 0.2) is 5.96 Å². The van der Waals surface area contributed by atoms with Crippen molar-refractivity contribution in [2.75, 3.05) is 12.3 Å². The van der Waals surface area contributed by atoms with Crippen molar-refractivity contribution in [3.05, 3.63) is 54.1 Å². The number of thioether (sulfide) groups is 1. The summed E-state index contributed by atoms with van der Waals surface area (Å²) in [6.45, 7) is 6.64. The van der Waals surface area contributed by atoms with Crippen LogP contribution in [-0.2, 0) is 13.1 Å². The third-order valence-electron chi connectivity index (χ3n) is 5.09. The highest BCUT2D eigenvalue weighted by Gasteiger charge is 2.22. The van der Waals surface area contributed by atoms with E-state index in [4.69, 9.17) is 4.99 Å². The molecule has 5 nitrogen and oxygen atoms in total. The van der Waals surface area contributed by atoms with Crippen LogP contribution in [0.1, 0.15) is 50.9 Å². The van der Waals surface area contributed by atoms with Crippen molar-refractivity contribution in [1.29, 1.82) is 0 Å². The van der Waals surface area contributed by atoms with E-state index in [1.54, 1.807) is 0 Å². The third-order valence-corrected chi connectivity index (χ3v) is 6.32. The second-order valence-corrected chi connectivity index (χ2v) is 8.81. The van der Waals surface area contributed by atoms with Gasteiger partial charge in [0.2, 0.25) is 0 Å². The Morgan fingerprint density at radius 3 is 2.89 bits per heavy atom. The van der Waals surface area contributed by atoms with Crippen molar-refractivity contribution in [2.24, 2.45) is 4.99 Å². The number of benzene rings is 1. The Morgan fingerprint density at radius 2 is 2.11 bits per heavy atom. The van der Waals surface area contributed by atoms with Crippen LogP contribution in [0.15, 0.2) is 47.7 Å². The van der Waals surface area contributed by atoms with Crippen molar-refractivity contribution >= 4 is 17.7 Å². The van der Waals surface area contributed by atoms with Crippen molar-refractivity contribution < 1.29 is 0 Å². The fourth-order valence-corrected chi connectivity index (χ4v) is 4.92. The molecule has 1 aromatic carbocycles. The molecule has 152 valence electrons. The highest BCUT2D eigenvalue weighted by molar-refractivity contribution is 7.99. The number of aliphatic imine (C=N–C) groups is 1. The first-order valence-corrected chi connectivity index (χ1v) is 11.5. The summed E-state index contributed by atoms with van der Waals surface area (Å²) in [6.07, 6.45) is 9.00. The van der Waals surface area contributed by atoms with E-state index >= 15 is 0 Å². The molecule has 2 unspecified atom stereocenters. The molecule has 2 N–H and O–H groups in total. The molecule has 2 aromatic rings. The number of nitrogens with one attached hydrogen (secondary N) is 2. The lowest BCUT2D eigenvalue weighted by Crippen LogP contribution is -2.45. The molecule has 6 heteroatoms. The van der Waals surface area contributed by atoms with Gasteiger partial charge < -0.3 is 15.2 Å². The Bertz CT molecular complexity index is 726. The summed E-state index contributed by atoms with van der Waals surface area (Å²) >= 11 is 2.10. The van der Waals surface area contributed by atoms with Crippen LogP contribution in [0.3, 0.4) is 0 Å². The van der Waals surface area contributed by atoms with Crippen LogP contribution in [0.5, 0.6) is 0 Å². The summed E-state index contributed by atoms with van der Waals surface area (Å²) in [5, 5.41) is 7.85. The molecule has 1 heterocycles. The fourth-order valence-electron chi connectivity index (χ4n) is 3.74. The van der Waals surface area contributed by atoms with Crippen molar-refractivity contribution in [2.45, 2.75) is 63.9 Å². The van der Waals surface area contributed by atoms with E-state index in [0.717, 1.165) is 30.1 Å². The molecule has 0 aliphatic heterocycles. The van der Waals surface area contributed by atoms with Gasteiger partial charge in [-0.2, -0.15) is 11.8 Å². The number of hydrogen-bond donors (Lipinski definition) is 2. The van der Waals surface area contributed by atoms with Crippen molar-refractivity contribution in [1.82, 2.24) is 20.2 Å². The molecule has 0 amide bonds. The maximum atomic E-state index is 4.83. The summed E-state index contributed by atoms with van der Waals surface area (Å²) in [7, 11) is 0. The molecule has 2 atom stereocenters. The maximum absolute atomic E-state index is 4.83. The van der Waals surface area contributed by atoms with E-state index in [1.807, 2.05) is 18.5 Å². The van der Waals surface area contributed by atoms with E-state index in [0.29, 0.717) is 12.6 Å². The molecular weight excluding hydrogens is 366 g/mol. The Kier molecular flexibility index (Phi) is 8.27. The van der Waals surface area contributed by atoms with E-state index in [9.17, 15) is 0 Å². The van der Waals surface area contributed by atoms with Gasteiger partial charge in [0.1, 0.15) is 12.4 Å². The topological polar surface area (TPSA) is 54.2 Å². The van der Waals surface area contributed by atoms with Crippen LogP contribution >= 0.6 is 11.8 Å². The maximum Gasteiger partial charge on any atom is 0.191 e. The monoisotopic (exact) mass is 399 g/mol. The number of nitrogens with zero attached hydrogens (tertiary/aromatic N) is 3. The first-order valence-electron chi connectivity index (χ1n) is 10.5. The molecule has 1 aromatic heterocycles. The van der Waals surface area contributed by atoms with Crippen molar-refractivity contribution in [3.63, 3.8) is 0 Å². The standard InChI is InChI=1S/C22H33N5S/c1-3-23-22(26-19-11-8-12-20(15-19)28-4-2)25-16-21-24-13-14-27(21)17-18-9-6-5-7-10-18/h5-7,9-10,13-14,19-20H,3-4,8,11-12,15-17H2,1-2H3,(H2,23,25,26).